The van der Waals surface area contributed by atoms with Crippen LogP contribution in [0, 0.1) is 0 Å². The Morgan fingerprint density at radius 2 is 1.24 bits per heavy atom. The molecular weight excluding hydrogens is 294 g/mol. The minimum Gasteiger partial charge on any atom is -0.263 e. The van der Waals surface area contributed by atoms with Gasteiger partial charge in [0, 0.05) is 0 Å². The van der Waals surface area contributed by atoms with Gasteiger partial charge in [-0.1, -0.05) is 0 Å². The van der Waals surface area contributed by atoms with Crippen molar-refractivity contribution in [1.29, 1.82) is 0 Å². The second kappa shape index (κ2) is 3.96. The molecule has 0 atom stereocenters. The highest BCUT2D eigenvalue weighted by Gasteiger charge is 2.68. The number of carbonyl (C=O) groups is 1. The van der Waals surface area contributed by atoms with Gasteiger partial charge in [-0.3, -0.25) is 4.79 Å². The molecule has 0 spiro atoms. The average Bonchev–Trinajstić information content (AvgIpc) is 1.98. The van der Waals surface area contributed by atoms with E-state index in [9.17, 15) is 48.3 Å². The van der Waals surface area contributed by atoms with Crippen molar-refractivity contribution >= 4 is 15.9 Å². The SMILES string of the molecule is O=C(NS(=O)(=O)C(F)(F)C(F)(F)F)C(F)(F)F. The zero-order chi connectivity index (χ0) is 14.3. The van der Waals surface area contributed by atoms with Gasteiger partial charge in [-0.05, 0) is 0 Å². The smallest absolute Gasteiger partial charge is 0.263 e. The monoisotopic (exact) mass is 295 g/mol. The van der Waals surface area contributed by atoms with Gasteiger partial charge in [-0.15, -0.1) is 0 Å². The Labute approximate surface area is 87.6 Å². The summed E-state index contributed by atoms with van der Waals surface area (Å²) in [7, 11) is -6.88. The number of carbonyl (C=O) groups excluding carboxylic acids is 1. The molecule has 0 saturated heterocycles. The Kier molecular flexibility index (Phi) is 3.69. The molecule has 0 aromatic rings. The first kappa shape index (κ1) is 15.9. The van der Waals surface area contributed by atoms with Crippen molar-refractivity contribution in [2.75, 3.05) is 0 Å². The third kappa shape index (κ3) is 3.17. The first-order valence-corrected chi connectivity index (χ1v) is 4.69. The van der Waals surface area contributed by atoms with Crippen LogP contribution in [0.4, 0.5) is 35.1 Å². The molecule has 0 fully saturated rings. The summed E-state index contributed by atoms with van der Waals surface area (Å²) in [6, 6.07) is 0. The van der Waals surface area contributed by atoms with Crippen LogP contribution in [0.2, 0.25) is 0 Å². The van der Waals surface area contributed by atoms with Gasteiger partial charge in [-0.2, -0.15) is 43.5 Å². The standard InChI is InChI=1S/C4HF8NO3S/c5-2(6,7)1(14)13-17(15,16)4(11,12)3(8,9)10/h(H,13,14). The molecule has 0 radical (unpaired) electrons. The summed E-state index contributed by atoms with van der Waals surface area (Å²) in [6.45, 7) is 0. The Balaban J connectivity index is 5.28. The lowest BCUT2D eigenvalue weighted by Gasteiger charge is -2.19. The van der Waals surface area contributed by atoms with E-state index >= 15 is 0 Å². The molecule has 102 valence electrons. The first-order valence-electron chi connectivity index (χ1n) is 3.21. The number of sulfonamides is 1. The van der Waals surface area contributed by atoms with Crippen molar-refractivity contribution in [2.24, 2.45) is 0 Å². The Bertz CT molecular complexity index is 405. The molecule has 0 aliphatic rings. The molecule has 0 rings (SSSR count). The summed E-state index contributed by atoms with van der Waals surface area (Å²) >= 11 is 0. The molecule has 1 N–H and O–H groups in total. The second-order valence-corrected chi connectivity index (χ2v) is 4.17. The molecule has 0 aromatic heterocycles. The molecule has 0 aliphatic heterocycles. The first-order chi connectivity index (χ1) is 7.13. The summed E-state index contributed by atoms with van der Waals surface area (Å²) in [4.78, 5) is 9.94. The Hall–Kier alpha value is -1.14. The van der Waals surface area contributed by atoms with Gasteiger partial charge in [0.1, 0.15) is 0 Å². The summed E-state index contributed by atoms with van der Waals surface area (Å²) in [6.07, 6.45) is -12.6. The highest BCUT2D eigenvalue weighted by atomic mass is 32.2. The van der Waals surface area contributed by atoms with Crippen molar-refractivity contribution in [3.05, 3.63) is 0 Å². The summed E-state index contributed by atoms with van der Waals surface area (Å²) in [5.74, 6) is -3.46. The number of alkyl halides is 8. The van der Waals surface area contributed by atoms with E-state index in [1.165, 1.54) is 0 Å². The molecule has 4 nitrogen and oxygen atoms in total. The maximum atomic E-state index is 12.2. The van der Waals surface area contributed by atoms with E-state index < -0.39 is 38.3 Å². The number of hydrogen-bond acceptors (Lipinski definition) is 3. The van der Waals surface area contributed by atoms with E-state index in [2.05, 4.69) is 0 Å². The number of halogens is 8. The molecular formula is C4HF8NO3S. The molecule has 0 unspecified atom stereocenters. The van der Waals surface area contributed by atoms with Crippen LogP contribution in [0.1, 0.15) is 0 Å². The lowest BCUT2D eigenvalue weighted by Crippen LogP contribution is -2.53. The Morgan fingerprint density at radius 1 is 0.882 bits per heavy atom. The van der Waals surface area contributed by atoms with Gasteiger partial charge in [0.25, 0.3) is 0 Å². The zero-order valence-corrected chi connectivity index (χ0v) is 7.97. The summed E-state index contributed by atoms with van der Waals surface area (Å²) in [5, 5.41) is -6.53. The van der Waals surface area contributed by atoms with E-state index in [0.717, 1.165) is 0 Å². The van der Waals surface area contributed by atoms with Gasteiger partial charge in [-0.25, -0.2) is 4.72 Å². The predicted molar refractivity (Wildman–Crippen MR) is 34.1 cm³/mol. The fourth-order valence-electron chi connectivity index (χ4n) is 0.396. The van der Waals surface area contributed by atoms with Crippen LogP contribution < -0.4 is 4.72 Å². The van der Waals surface area contributed by atoms with Crippen LogP contribution in [-0.4, -0.2) is 31.9 Å². The number of rotatable bonds is 2. The number of hydrogen-bond donors (Lipinski definition) is 1. The topological polar surface area (TPSA) is 63.2 Å². The van der Waals surface area contributed by atoms with Crippen LogP contribution in [0.15, 0.2) is 0 Å². The zero-order valence-electron chi connectivity index (χ0n) is 7.16. The largest absolute Gasteiger partial charge is 0.472 e. The molecule has 1 amide bonds. The van der Waals surface area contributed by atoms with Crippen LogP contribution in [0.5, 0.6) is 0 Å². The minimum absolute atomic E-state index is 0.419. The molecule has 0 heterocycles. The van der Waals surface area contributed by atoms with Crippen molar-refractivity contribution in [3.8, 4) is 0 Å². The predicted octanol–water partition coefficient (Wildman–Crippen LogP) is 1.15. The van der Waals surface area contributed by atoms with Gasteiger partial charge in [0.05, 0.1) is 0 Å². The summed E-state index contributed by atoms with van der Waals surface area (Å²) in [5.41, 5.74) is 0. The highest BCUT2D eigenvalue weighted by Crippen LogP contribution is 2.39. The second-order valence-electron chi connectivity index (χ2n) is 2.45. The molecule has 0 bridgehead atoms. The Morgan fingerprint density at radius 3 is 1.47 bits per heavy atom. The van der Waals surface area contributed by atoms with Crippen molar-refractivity contribution < 1.29 is 48.3 Å². The van der Waals surface area contributed by atoms with Crippen LogP contribution in [0.25, 0.3) is 0 Å². The molecule has 13 heteroatoms. The fraction of sp³-hybridized carbons (Fsp3) is 0.750. The van der Waals surface area contributed by atoms with Crippen LogP contribution >= 0.6 is 0 Å². The third-order valence-electron chi connectivity index (χ3n) is 1.15. The molecule has 0 aromatic carbocycles. The van der Waals surface area contributed by atoms with E-state index in [1.807, 2.05) is 0 Å². The van der Waals surface area contributed by atoms with Gasteiger partial charge in [0.2, 0.25) is 0 Å². The van der Waals surface area contributed by atoms with Gasteiger partial charge < -0.3 is 0 Å². The van der Waals surface area contributed by atoms with Crippen molar-refractivity contribution in [2.45, 2.75) is 17.6 Å². The van der Waals surface area contributed by atoms with Gasteiger partial charge in [0.15, 0.2) is 0 Å². The summed E-state index contributed by atoms with van der Waals surface area (Å²) < 4.78 is 113. The quantitative estimate of drug-likeness (QED) is 0.777. The van der Waals surface area contributed by atoms with Crippen molar-refractivity contribution in [3.63, 3.8) is 0 Å². The average molecular weight is 295 g/mol. The van der Waals surface area contributed by atoms with Crippen LogP contribution in [-0.2, 0) is 14.8 Å². The number of amides is 1. The van der Waals surface area contributed by atoms with E-state index in [-0.39, 0.29) is 0 Å². The maximum Gasteiger partial charge on any atom is 0.472 e. The number of nitrogens with one attached hydrogen (secondary N) is 1. The molecule has 0 aliphatic carbocycles. The third-order valence-corrected chi connectivity index (χ3v) is 2.51. The highest BCUT2D eigenvalue weighted by molar-refractivity contribution is 7.91. The maximum absolute atomic E-state index is 12.2. The van der Waals surface area contributed by atoms with E-state index in [1.54, 1.807) is 0 Å². The lowest BCUT2D eigenvalue weighted by molar-refractivity contribution is -0.241. The van der Waals surface area contributed by atoms with Crippen molar-refractivity contribution in [1.82, 2.24) is 4.72 Å². The van der Waals surface area contributed by atoms with Crippen LogP contribution in [0.3, 0.4) is 0 Å². The molecule has 0 saturated carbocycles. The van der Waals surface area contributed by atoms with E-state index in [0.29, 0.717) is 0 Å². The molecule has 17 heavy (non-hydrogen) atoms. The van der Waals surface area contributed by atoms with E-state index in [4.69, 9.17) is 0 Å². The lowest BCUT2D eigenvalue weighted by atomic mass is 10.6. The minimum atomic E-state index is -6.88. The fourth-order valence-corrected chi connectivity index (χ4v) is 1.19. The van der Waals surface area contributed by atoms with Gasteiger partial charge >= 0.3 is 33.5 Å². The normalized spacial score (nSPS) is 14.6.